The highest BCUT2D eigenvalue weighted by Gasteiger charge is 2.27. The molecule has 2 aliphatic heterocycles. The third-order valence-corrected chi connectivity index (χ3v) is 8.69. The molecule has 242 valence electrons. The highest BCUT2D eigenvalue weighted by Crippen LogP contribution is 2.34. The molecule has 5 rings (SSSR count). The van der Waals surface area contributed by atoms with Crippen LogP contribution in [0.5, 0.6) is 5.75 Å². The summed E-state index contributed by atoms with van der Waals surface area (Å²) in [5.74, 6) is 2.04. The number of nitrogens with one attached hydrogen (secondary N) is 3. The lowest BCUT2D eigenvalue weighted by molar-refractivity contribution is 0.0982. The van der Waals surface area contributed by atoms with Crippen LogP contribution >= 0.6 is 0 Å². The lowest BCUT2D eigenvalue weighted by Gasteiger charge is -2.42. The Bertz CT molecular complexity index is 1430. The van der Waals surface area contributed by atoms with Gasteiger partial charge in [0.25, 0.3) is 0 Å². The normalized spacial score (nSPS) is 16.8. The molecule has 10 nitrogen and oxygen atoms in total. The van der Waals surface area contributed by atoms with Gasteiger partial charge in [0.2, 0.25) is 5.95 Å². The second-order valence-corrected chi connectivity index (χ2v) is 12.3. The predicted molar refractivity (Wildman–Crippen MR) is 186 cm³/mol. The molecule has 0 spiro atoms. The van der Waals surface area contributed by atoms with Gasteiger partial charge < -0.3 is 25.2 Å². The van der Waals surface area contributed by atoms with Crippen molar-refractivity contribution in [3.8, 4) is 5.75 Å². The molecule has 0 unspecified atom stereocenters. The van der Waals surface area contributed by atoms with Gasteiger partial charge in [0, 0.05) is 69.2 Å². The monoisotopic (exact) mass is 614 g/mol. The average molecular weight is 615 g/mol. The van der Waals surface area contributed by atoms with Crippen LogP contribution in [0.3, 0.4) is 0 Å². The minimum absolute atomic E-state index is 0.0672. The molecule has 0 atom stereocenters. The lowest BCUT2D eigenvalue weighted by atomic mass is 10.0. The summed E-state index contributed by atoms with van der Waals surface area (Å²) in [5, 5.41) is 6.96. The molecule has 2 saturated heterocycles. The van der Waals surface area contributed by atoms with Gasteiger partial charge >= 0.3 is 0 Å². The zero-order valence-corrected chi connectivity index (χ0v) is 27.8. The molecule has 3 N–H and O–H groups in total. The Labute approximate surface area is 268 Å². The van der Waals surface area contributed by atoms with Crippen LogP contribution in [0.15, 0.2) is 48.5 Å². The van der Waals surface area contributed by atoms with Crippen LogP contribution in [-0.2, 0) is 11.4 Å². The van der Waals surface area contributed by atoms with Crippen LogP contribution in [0.4, 0.5) is 28.8 Å². The number of methoxy groups -OCH3 is 1. The van der Waals surface area contributed by atoms with E-state index in [1.165, 1.54) is 44.7 Å². The summed E-state index contributed by atoms with van der Waals surface area (Å²) < 4.78 is 5.86. The second kappa shape index (κ2) is 15.4. The first-order valence-electron chi connectivity index (χ1n) is 16.2. The molecular weight excluding hydrogens is 564 g/mol. The molecule has 10 heteroatoms. The van der Waals surface area contributed by atoms with Gasteiger partial charge in [0.15, 0.2) is 0 Å². The summed E-state index contributed by atoms with van der Waals surface area (Å²) in [6, 6.07) is 15.2. The van der Waals surface area contributed by atoms with E-state index in [1.807, 2.05) is 58.0 Å². The maximum atomic E-state index is 5.86. The van der Waals surface area contributed by atoms with Gasteiger partial charge in [-0.1, -0.05) is 24.3 Å². The van der Waals surface area contributed by atoms with E-state index in [1.54, 1.807) is 7.11 Å². The van der Waals surface area contributed by atoms with Crippen molar-refractivity contribution >= 4 is 34.9 Å². The number of piperidine rings is 1. The molecule has 2 fully saturated rings. The Kier molecular flexibility index (Phi) is 11.2. The summed E-state index contributed by atoms with van der Waals surface area (Å²) in [7, 11) is 3.93. The fourth-order valence-corrected chi connectivity index (χ4v) is 5.99. The zero-order valence-electron chi connectivity index (χ0n) is 27.8. The molecule has 1 aromatic heterocycles. The molecule has 2 aromatic carbocycles. The van der Waals surface area contributed by atoms with Gasteiger partial charge in [-0.25, -0.2) is 4.98 Å². The molecule has 0 aliphatic carbocycles. The Hall–Kier alpha value is -3.86. The molecule has 45 heavy (non-hydrogen) atoms. The number of para-hydroxylation sites is 1. The maximum absolute atomic E-state index is 5.86. The summed E-state index contributed by atoms with van der Waals surface area (Å²) >= 11 is 0. The van der Waals surface area contributed by atoms with E-state index in [0.717, 1.165) is 52.9 Å². The van der Waals surface area contributed by atoms with Crippen molar-refractivity contribution in [2.45, 2.75) is 59.2 Å². The van der Waals surface area contributed by atoms with Gasteiger partial charge in [0.1, 0.15) is 11.6 Å². The predicted octanol–water partition coefficient (Wildman–Crippen LogP) is 6.15. The molecular formula is C35H50N8O2. The lowest BCUT2D eigenvalue weighted by Crippen LogP contribution is -2.52. The minimum Gasteiger partial charge on any atom is -0.494 e. The second-order valence-electron chi connectivity index (χ2n) is 12.3. The SMILES string of the molecule is C/C=C\c1nc(Nc2ccc(N3CCC(N4CCN(C)CC4)CC3)cc2OC)nc(NCc2ccccc2NOC(C)C)c1C. The van der Waals surface area contributed by atoms with Gasteiger partial charge in [-0.2, -0.15) is 4.98 Å². The van der Waals surface area contributed by atoms with Crippen molar-refractivity contribution in [1.82, 2.24) is 19.8 Å². The van der Waals surface area contributed by atoms with Gasteiger partial charge in [-0.15, -0.1) is 0 Å². The Balaban J connectivity index is 1.28. The summed E-state index contributed by atoms with van der Waals surface area (Å²) in [5.41, 5.74) is 8.92. The smallest absolute Gasteiger partial charge is 0.229 e. The van der Waals surface area contributed by atoms with Crippen molar-refractivity contribution in [3.05, 3.63) is 65.4 Å². The molecule has 0 radical (unpaired) electrons. The number of hydrogen-bond donors (Lipinski definition) is 3. The van der Waals surface area contributed by atoms with E-state index in [-0.39, 0.29) is 6.10 Å². The third kappa shape index (κ3) is 8.45. The summed E-state index contributed by atoms with van der Waals surface area (Å²) in [4.78, 5) is 22.9. The third-order valence-electron chi connectivity index (χ3n) is 8.69. The quantitative estimate of drug-likeness (QED) is 0.206. The van der Waals surface area contributed by atoms with E-state index in [2.05, 4.69) is 62.1 Å². The number of piperazine rings is 1. The first kappa shape index (κ1) is 32.5. The topological polar surface area (TPSA) is 90.1 Å². The van der Waals surface area contributed by atoms with Crippen molar-refractivity contribution in [2.75, 3.05) is 74.4 Å². The number of hydrogen-bond acceptors (Lipinski definition) is 10. The average Bonchev–Trinajstić information content (AvgIpc) is 3.05. The molecule has 3 heterocycles. The molecule has 0 amide bonds. The van der Waals surface area contributed by atoms with Crippen molar-refractivity contribution < 1.29 is 9.57 Å². The summed E-state index contributed by atoms with van der Waals surface area (Å²) in [6.45, 7) is 15.4. The van der Waals surface area contributed by atoms with Crippen LogP contribution in [0.1, 0.15) is 50.4 Å². The van der Waals surface area contributed by atoms with E-state index in [0.29, 0.717) is 18.5 Å². The van der Waals surface area contributed by atoms with Crippen LogP contribution in [0, 0.1) is 6.92 Å². The Morgan fingerprint density at radius 1 is 0.978 bits per heavy atom. The first-order valence-corrected chi connectivity index (χ1v) is 16.2. The maximum Gasteiger partial charge on any atom is 0.229 e. The van der Waals surface area contributed by atoms with Crippen molar-refractivity contribution in [3.63, 3.8) is 0 Å². The highest BCUT2D eigenvalue weighted by molar-refractivity contribution is 5.70. The number of ether oxygens (including phenoxy) is 1. The largest absolute Gasteiger partial charge is 0.494 e. The van der Waals surface area contributed by atoms with Crippen molar-refractivity contribution in [1.29, 1.82) is 0 Å². The first-order chi connectivity index (χ1) is 21.8. The molecule has 2 aliphatic rings. The molecule has 3 aromatic rings. The van der Waals surface area contributed by atoms with E-state index < -0.39 is 0 Å². The number of benzene rings is 2. The fraction of sp³-hybridized carbons (Fsp3) is 0.486. The zero-order chi connectivity index (χ0) is 31.8. The van der Waals surface area contributed by atoms with E-state index in [9.17, 15) is 0 Å². The Morgan fingerprint density at radius 2 is 1.73 bits per heavy atom. The van der Waals surface area contributed by atoms with E-state index in [4.69, 9.17) is 19.5 Å². The van der Waals surface area contributed by atoms with Crippen LogP contribution in [0.2, 0.25) is 0 Å². The number of aromatic nitrogens is 2. The number of nitrogens with zero attached hydrogens (tertiary/aromatic N) is 5. The van der Waals surface area contributed by atoms with Crippen LogP contribution in [0.25, 0.3) is 6.08 Å². The summed E-state index contributed by atoms with van der Waals surface area (Å²) in [6.07, 6.45) is 6.45. The minimum atomic E-state index is 0.0672. The van der Waals surface area contributed by atoms with Gasteiger partial charge in [-0.3, -0.25) is 15.2 Å². The standard InChI is InChI=1S/C35H50N8O2/c1-7-10-30-26(4)34(36-24-27-11-8-9-12-31(27)40-45-25(2)3)39-35(37-30)38-32-14-13-29(23-33(32)44-6)42-17-15-28(16-18-42)43-21-19-41(5)20-22-43/h7-14,23,25,28,40H,15-22,24H2,1-6H3,(H2,36,37,38,39)/b10-7-. The molecule has 0 bridgehead atoms. The highest BCUT2D eigenvalue weighted by atomic mass is 16.7. The van der Waals surface area contributed by atoms with Gasteiger partial charge in [-0.05, 0) is 77.4 Å². The van der Waals surface area contributed by atoms with Crippen LogP contribution in [-0.4, -0.2) is 85.3 Å². The molecule has 0 saturated carbocycles. The van der Waals surface area contributed by atoms with Crippen LogP contribution < -0.4 is 25.8 Å². The Morgan fingerprint density at radius 3 is 2.44 bits per heavy atom. The number of anilines is 5. The van der Waals surface area contributed by atoms with E-state index >= 15 is 0 Å². The number of allylic oxidation sites excluding steroid dienone is 1. The fourth-order valence-electron chi connectivity index (χ4n) is 5.99. The van der Waals surface area contributed by atoms with Gasteiger partial charge in [0.05, 0.1) is 30.3 Å². The number of rotatable bonds is 12. The van der Waals surface area contributed by atoms with Crippen molar-refractivity contribution in [2.24, 2.45) is 0 Å². The number of likely N-dealkylation sites (N-methyl/N-ethyl adjacent to an activating group) is 1.